The van der Waals surface area contributed by atoms with E-state index in [9.17, 15) is 29.7 Å². The molecule has 0 spiro atoms. The maximum absolute atomic E-state index is 10.6. The maximum Gasteiger partial charge on any atom is 3.00 e. The quantitative estimate of drug-likeness (QED) is 0.0838. The van der Waals surface area contributed by atoms with Crippen LogP contribution in [0.5, 0.6) is 0 Å². The average molecular weight is 552 g/mol. The standard InChI is InChI=1S/3C6H8O6.Al/c3*7-1-2(8)5-3(9)4(10)6(11)12-5;/h3*2,5,7-10H,1H2;/q;;;+3/p-3/t3*2-,5+;/m000./s1. The van der Waals surface area contributed by atoms with Crippen LogP contribution in [0, 0.1) is 0 Å². The van der Waals surface area contributed by atoms with Crippen molar-refractivity contribution in [3.8, 4) is 0 Å². The van der Waals surface area contributed by atoms with E-state index in [1.54, 1.807) is 0 Å². The largest absolute Gasteiger partial charge is 3.00 e. The van der Waals surface area contributed by atoms with Crippen LogP contribution in [0.3, 0.4) is 0 Å². The van der Waals surface area contributed by atoms with Crippen LogP contribution in [0.1, 0.15) is 0 Å². The van der Waals surface area contributed by atoms with Crippen molar-refractivity contribution in [3.63, 3.8) is 0 Å². The molecule has 18 nitrogen and oxygen atoms in total. The van der Waals surface area contributed by atoms with E-state index in [1.807, 2.05) is 0 Å². The Bertz CT molecular complexity index is 822. The van der Waals surface area contributed by atoms with Gasteiger partial charge in [0.2, 0.25) is 0 Å². The first-order valence-corrected chi connectivity index (χ1v) is 9.53. The minimum atomic E-state index is -1.46. The molecular weight excluding hydrogens is 531 g/mol. The van der Waals surface area contributed by atoms with Crippen molar-refractivity contribution in [2.24, 2.45) is 0 Å². The normalized spacial score (nSPS) is 25.1. The summed E-state index contributed by atoms with van der Waals surface area (Å²) in [6, 6.07) is 0. The first-order valence-electron chi connectivity index (χ1n) is 9.53. The summed E-state index contributed by atoms with van der Waals surface area (Å²) >= 11 is 0. The van der Waals surface area contributed by atoms with Crippen LogP contribution in [0.4, 0.5) is 0 Å². The summed E-state index contributed by atoms with van der Waals surface area (Å²) in [5.74, 6) is -9.75. The van der Waals surface area contributed by atoms with E-state index in [-0.39, 0.29) is 17.4 Å². The van der Waals surface area contributed by atoms with E-state index in [1.165, 1.54) is 0 Å². The molecule has 0 bridgehead atoms. The summed E-state index contributed by atoms with van der Waals surface area (Å²) < 4.78 is 12.8. The fourth-order valence-corrected chi connectivity index (χ4v) is 2.44. The zero-order valence-electron chi connectivity index (χ0n) is 18.4. The Kier molecular flexibility index (Phi) is 13.2. The Hall–Kier alpha value is -3.28. The Morgan fingerprint density at radius 2 is 0.757 bits per heavy atom. The molecular formula is C18H21AlO18. The fourth-order valence-electron chi connectivity index (χ4n) is 2.44. The molecule has 0 saturated carbocycles. The van der Waals surface area contributed by atoms with Crippen LogP contribution in [0.15, 0.2) is 34.6 Å². The van der Waals surface area contributed by atoms with Crippen LogP contribution >= 0.6 is 0 Å². The summed E-state index contributed by atoms with van der Waals surface area (Å²) in [6.45, 7) is -2.10. The molecule has 204 valence electrons. The molecule has 0 radical (unpaired) electrons. The van der Waals surface area contributed by atoms with Gasteiger partial charge in [-0.3, -0.25) is 0 Å². The topological polar surface area (TPSA) is 330 Å². The van der Waals surface area contributed by atoms with Crippen LogP contribution in [0.2, 0.25) is 0 Å². The summed E-state index contributed by atoms with van der Waals surface area (Å²) in [6.07, 6.45) is -8.64. The van der Waals surface area contributed by atoms with Crippen molar-refractivity contribution in [2.45, 2.75) is 36.6 Å². The van der Waals surface area contributed by atoms with Crippen LogP contribution in [0.25, 0.3) is 0 Å². The number of carbonyl (C=O) groups is 3. The number of ether oxygens (including phenoxy) is 3. The van der Waals surface area contributed by atoms with Gasteiger partial charge >= 0.3 is 35.3 Å². The molecule has 0 fully saturated rings. The first-order chi connectivity index (χ1) is 16.7. The Morgan fingerprint density at radius 3 is 0.865 bits per heavy atom. The fraction of sp³-hybridized carbons (Fsp3) is 0.500. The number of rotatable bonds is 6. The molecule has 0 amide bonds. The summed E-state index contributed by atoms with van der Waals surface area (Å²) in [4.78, 5) is 31.4. The number of hydrogen-bond donors (Lipinski definition) is 9. The molecule has 0 aromatic rings. The zero-order chi connectivity index (χ0) is 27.9. The zero-order valence-corrected chi connectivity index (χ0v) is 19.5. The van der Waals surface area contributed by atoms with E-state index in [2.05, 4.69) is 14.2 Å². The molecule has 0 aromatic carbocycles. The molecule has 0 unspecified atom stereocenters. The van der Waals surface area contributed by atoms with E-state index in [4.69, 9.17) is 46.0 Å². The van der Waals surface area contributed by atoms with Gasteiger partial charge in [0, 0.05) is 17.3 Å². The number of hydrogen-bond acceptors (Lipinski definition) is 18. The molecule has 3 heterocycles. The summed E-state index contributed by atoms with van der Waals surface area (Å²) in [5.41, 5.74) is 0. The number of carbonyl (C=O) groups excluding carboxylic acids is 3. The van der Waals surface area contributed by atoms with E-state index in [0.29, 0.717) is 0 Å². The number of esters is 3. The molecule has 3 aliphatic rings. The van der Waals surface area contributed by atoms with Gasteiger partial charge in [-0.05, 0) is 0 Å². The SMILES string of the molecule is O=C1O[C@H]([C@@H](O)CO)C(O)=C1[O-].O=C1O[C@H]([C@@H](O)CO)C(O)=C1[O-].O=C1O[C@H]([C@@H](O)CO)C(O)=C1[O-].[Al+3]. The van der Waals surface area contributed by atoms with Gasteiger partial charge in [-0.1, -0.05) is 0 Å². The second-order valence-corrected chi connectivity index (χ2v) is 6.87. The molecule has 3 aliphatic heterocycles. The third-order valence-corrected chi connectivity index (χ3v) is 4.37. The summed E-state index contributed by atoms with van der Waals surface area (Å²) in [5, 5.41) is 110. The molecule has 0 aromatic heterocycles. The maximum atomic E-state index is 10.6. The molecule has 19 heteroatoms. The third-order valence-electron chi connectivity index (χ3n) is 4.37. The predicted octanol–water partition coefficient (Wildman–Crippen LogP) is -8.20. The van der Waals surface area contributed by atoms with Gasteiger partial charge in [-0.25, -0.2) is 14.4 Å². The van der Waals surface area contributed by atoms with Gasteiger partial charge in [0.1, 0.15) is 35.6 Å². The molecule has 0 saturated heterocycles. The molecule has 0 aliphatic carbocycles. The van der Waals surface area contributed by atoms with Crippen molar-refractivity contribution in [1.29, 1.82) is 0 Å². The van der Waals surface area contributed by atoms with Crippen molar-refractivity contribution < 1.29 is 89.9 Å². The van der Waals surface area contributed by atoms with Gasteiger partial charge in [-0.2, -0.15) is 0 Å². The average Bonchev–Trinajstić information content (AvgIpc) is 3.40. The molecule has 6 atom stereocenters. The van der Waals surface area contributed by atoms with Gasteiger partial charge in [0.25, 0.3) is 0 Å². The second-order valence-electron chi connectivity index (χ2n) is 6.87. The minimum absolute atomic E-state index is 0. The second kappa shape index (κ2) is 14.5. The Labute approximate surface area is 216 Å². The molecule has 37 heavy (non-hydrogen) atoms. The predicted molar refractivity (Wildman–Crippen MR) is 104 cm³/mol. The number of aliphatic hydroxyl groups is 9. The molecule has 3 rings (SSSR count). The number of cyclic esters (lactones) is 3. The summed E-state index contributed by atoms with van der Waals surface area (Å²) in [7, 11) is 0. The third kappa shape index (κ3) is 7.85. The molecule has 9 N–H and O–H groups in total. The van der Waals surface area contributed by atoms with Crippen molar-refractivity contribution in [1.82, 2.24) is 0 Å². The van der Waals surface area contributed by atoms with Crippen molar-refractivity contribution in [3.05, 3.63) is 34.6 Å². The van der Waals surface area contributed by atoms with Crippen LogP contribution < -0.4 is 15.3 Å². The van der Waals surface area contributed by atoms with Gasteiger partial charge < -0.3 is 75.5 Å². The Balaban J connectivity index is 0.000000518. The van der Waals surface area contributed by atoms with E-state index in [0.717, 1.165) is 0 Å². The van der Waals surface area contributed by atoms with Crippen LogP contribution in [-0.2, 0) is 28.6 Å². The van der Waals surface area contributed by atoms with Crippen molar-refractivity contribution in [2.75, 3.05) is 19.8 Å². The van der Waals surface area contributed by atoms with Crippen LogP contribution in [-0.4, -0.2) is 138 Å². The minimum Gasteiger partial charge on any atom is -0.865 e. The van der Waals surface area contributed by atoms with Gasteiger partial charge in [0.15, 0.2) is 18.3 Å². The monoisotopic (exact) mass is 552 g/mol. The van der Waals surface area contributed by atoms with Gasteiger partial charge in [0.05, 0.1) is 19.8 Å². The van der Waals surface area contributed by atoms with E-state index < -0.39 is 109 Å². The van der Waals surface area contributed by atoms with E-state index >= 15 is 0 Å². The first kappa shape index (κ1) is 33.7. The smallest absolute Gasteiger partial charge is 0.865 e. The Morgan fingerprint density at radius 1 is 0.568 bits per heavy atom. The van der Waals surface area contributed by atoms with Gasteiger partial charge in [-0.15, -0.1) is 0 Å². The number of aliphatic hydroxyl groups excluding tert-OH is 9. The van der Waals surface area contributed by atoms with Crippen molar-refractivity contribution >= 4 is 35.3 Å².